The van der Waals surface area contributed by atoms with E-state index in [0.29, 0.717) is 21.9 Å². The van der Waals surface area contributed by atoms with Crippen molar-refractivity contribution in [2.45, 2.75) is 6.92 Å². The lowest BCUT2D eigenvalue weighted by molar-refractivity contribution is -0.136. The lowest BCUT2D eigenvalue weighted by Gasteiger charge is -2.06. The van der Waals surface area contributed by atoms with Crippen molar-refractivity contribution < 1.29 is 23.5 Å². The second kappa shape index (κ2) is 9.57. The lowest BCUT2D eigenvalue weighted by atomic mass is 10.1. The van der Waals surface area contributed by atoms with Crippen LogP contribution in [0.2, 0.25) is 0 Å². The first-order valence-corrected chi connectivity index (χ1v) is 9.57. The fourth-order valence-electron chi connectivity index (χ4n) is 2.29. The predicted octanol–water partition coefficient (Wildman–Crippen LogP) is 3.59. The third kappa shape index (κ3) is 5.58. The van der Waals surface area contributed by atoms with E-state index in [0.717, 1.165) is 12.1 Å². The number of rotatable bonds is 5. The van der Waals surface area contributed by atoms with Gasteiger partial charge in [-0.1, -0.05) is 6.07 Å². The van der Waals surface area contributed by atoms with Crippen LogP contribution in [-0.4, -0.2) is 23.5 Å². The average molecular weight is 425 g/mol. The fraction of sp³-hybridized carbons (Fsp3) is 0.0476. The molecule has 0 aliphatic heterocycles. The van der Waals surface area contributed by atoms with Gasteiger partial charge in [-0.2, -0.15) is 5.10 Å². The van der Waals surface area contributed by atoms with Gasteiger partial charge in [0.15, 0.2) is 0 Å². The number of hydrogen-bond acceptors (Lipinski definition) is 6. The maximum absolute atomic E-state index is 12.9. The molecule has 0 fully saturated rings. The molecule has 1 heterocycles. The van der Waals surface area contributed by atoms with Crippen molar-refractivity contribution in [2.24, 2.45) is 5.10 Å². The summed E-state index contributed by atoms with van der Waals surface area (Å²) in [7, 11) is 0. The molecule has 152 valence electrons. The second-order valence-electron chi connectivity index (χ2n) is 5.99. The number of anilines is 1. The molecule has 2 N–H and O–H groups in total. The van der Waals surface area contributed by atoms with Crippen LogP contribution in [-0.2, 0) is 9.59 Å². The molecular weight excluding hydrogens is 409 g/mol. The van der Waals surface area contributed by atoms with Crippen LogP contribution < -0.4 is 15.5 Å². The van der Waals surface area contributed by atoms with Gasteiger partial charge < -0.3 is 10.1 Å². The molecule has 0 saturated carbocycles. The SMILES string of the molecule is C/C(=N\NC(=O)C(=O)Nc1ccc(F)cc1)c1ccc(OC(=O)c2cccs2)cc1. The maximum Gasteiger partial charge on any atom is 0.353 e. The van der Waals surface area contributed by atoms with Crippen LogP contribution >= 0.6 is 11.3 Å². The topological polar surface area (TPSA) is 96.9 Å². The van der Waals surface area contributed by atoms with Crippen molar-refractivity contribution in [3.8, 4) is 5.75 Å². The zero-order valence-electron chi connectivity index (χ0n) is 15.7. The summed E-state index contributed by atoms with van der Waals surface area (Å²) in [6.07, 6.45) is 0. The zero-order valence-corrected chi connectivity index (χ0v) is 16.5. The molecule has 0 radical (unpaired) electrons. The summed E-state index contributed by atoms with van der Waals surface area (Å²) < 4.78 is 18.1. The number of nitrogens with zero attached hydrogens (tertiary/aromatic N) is 1. The standard InChI is InChI=1S/C21H16FN3O4S/c1-13(24-25-20(27)19(26)23-16-8-6-15(22)7-9-16)14-4-10-17(11-5-14)29-21(28)18-3-2-12-30-18/h2-12H,1H3,(H,23,26)(H,25,27)/b24-13+. The van der Waals surface area contributed by atoms with E-state index in [4.69, 9.17) is 4.74 Å². The number of esters is 1. The summed E-state index contributed by atoms with van der Waals surface area (Å²) in [5.74, 6) is -2.44. The predicted molar refractivity (Wildman–Crippen MR) is 111 cm³/mol. The smallest absolute Gasteiger partial charge is 0.353 e. The molecule has 0 unspecified atom stereocenters. The Balaban J connectivity index is 1.55. The lowest BCUT2D eigenvalue weighted by Crippen LogP contribution is -2.32. The molecule has 0 aliphatic rings. The molecule has 9 heteroatoms. The van der Waals surface area contributed by atoms with E-state index < -0.39 is 23.6 Å². The van der Waals surface area contributed by atoms with E-state index in [1.807, 2.05) is 0 Å². The van der Waals surface area contributed by atoms with Crippen molar-refractivity contribution in [1.82, 2.24) is 5.43 Å². The van der Waals surface area contributed by atoms with Crippen LogP contribution in [0.15, 0.2) is 71.1 Å². The Labute approximate surface area is 175 Å². The first-order valence-electron chi connectivity index (χ1n) is 8.69. The molecule has 30 heavy (non-hydrogen) atoms. The quantitative estimate of drug-likeness (QED) is 0.215. The molecule has 3 aromatic rings. The number of thiophene rings is 1. The zero-order chi connectivity index (χ0) is 21.5. The Bertz CT molecular complexity index is 1080. The minimum Gasteiger partial charge on any atom is -0.422 e. The molecule has 0 bridgehead atoms. The van der Waals surface area contributed by atoms with Crippen LogP contribution in [0, 0.1) is 5.82 Å². The third-order valence-corrected chi connectivity index (χ3v) is 4.69. The molecule has 7 nitrogen and oxygen atoms in total. The molecule has 2 aromatic carbocycles. The third-order valence-electron chi connectivity index (χ3n) is 3.84. The number of amides is 2. The van der Waals surface area contributed by atoms with Gasteiger partial charge in [0, 0.05) is 5.69 Å². The fourth-order valence-corrected chi connectivity index (χ4v) is 2.89. The molecular formula is C21H16FN3O4S. The van der Waals surface area contributed by atoms with Crippen LogP contribution in [0.4, 0.5) is 10.1 Å². The highest BCUT2D eigenvalue weighted by molar-refractivity contribution is 7.12. The monoisotopic (exact) mass is 425 g/mol. The normalized spacial score (nSPS) is 10.9. The van der Waals surface area contributed by atoms with E-state index in [-0.39, 0.29) is 5.69 Å². The Morgan fingerprint density at radius 2 is 1.67 bits per heavy atom. The average Bonchev–Trinajstić information content (AvgIpc) is 3.29. The highest BCUT2D eigenvalue weighted by Gasteiger charge is 2.14. The van der Waals surface area contributed by atoms with Gasteiger partial charge in [-0.3, -0.25) is 9.59 Å². The van der Waals surface area contributed by atoms with E-state index in [9.17, 15) is 18.8 Å². The van der Waals surface area contributed by atoms with E-state index in [1.54, 1.807) is 48.7 Å². The van der Waals surface area contributed by atoms with Crippen LogP contribution in [0.5, 0.6) is 5.75 Å². The van der Waals surface area contributed by atoms with Crippen molar-refractivity contribution in [2.75, 3.05) is 5.32 Å². The number of hydrogen-bond donors (Lipinski definition) is 2. The Morgan fingerprint density at radius 1 is 0.967 bits per heavy atom. The van der Waals surface area contributed by atoms with Crippen molar-refractivity contribution in [3.63, 3.8) is 0 Å². The van der Waals surface area contributed by atoms with Crippen LogP contribution in [0.25, 0.3) is 0 Å². The molecule has 0 spiro atoms. The molecule has 0 atom stereocenters. The highest BCUT2D eigenvalue weighted by Crippen LogP contribution is 2.17. The number of ether oxygens (including phenoxy) is 1. The summed E-state index contributed by atoms with van der Waals surface area (Å²) in [4.78, 5) is 36.2. The first-order chi connectivity index (χ1) is 14.4. The molecule has 2 amide bonds. The van der Waals surface area contributed by atoms with Gasteiger partial charge in [0.25, 0.3) is 0 Å². The maximum atomic E-state index is 12.9. The molecule has 3 rings (SSSR count). The van der Waals surface area contributed by atoms with E-state index in [2.05, 4.69) is 15.8 Å². The largest absolute Gasteiger partial charge is 0.422 e. The summed E-state index contributed by atoms with van der Waals surface area (Å²) in [6, 6.07) is 15.0. The minimum atomic E-state index is -0.972. The number of carbonyl (C=O) groups is 3. The summed E-state index contributed by atoms with van der Waals surface area (Å²) in [6.45, 7) is 1.64. The molecule has 1 aromatic heterocycles. The minimum absolute atomic E-state index is 0.282. The second-order valence-corrected chi connectivity index (χ2v) is 6.94. The number of halogens is 1. The summed E-state index contributed by atoms with van der Waals surface area (Å²) in [5, 5.41) is 8.01. The van der Waals surface area contributed by atoms with E-state index >= 15 is 0 Å². The Kier molecular flexibility index (Phi) is 6.66. The van der Waals surface area contributed by atoms with Gasteiger partial charge in [-0.25, -0.2) is 14.6 Å². The Morgan fingerprint density at radius 3 is 2.30 bits per heavy atom. The van der Waals surface area contributed by atoms with Gasteiger partial charge in [0.05, 0.1) is 5.71 Å². The van der Waals surface area contributed by atoms with Crippen molar-refractivity contribution in [1.29, 1.82) is 0 Å². The number of carbonyl (C=O) groups excluding carboxylic acids is 3. The van der Waals surface area contributed by atoms with Crippen LogP contribution in [0.3, 0.4) is 0 Å². The van der Waals surface area contributed by atoms with Crippen molar-refractivity contribution >= 4 is 40.5 Å². The Hall–Kier alpha value is -3.85. The van der Waals surface area contributed by atoms with Gasteiger partial charge in [0.1, 0.15) is 16.4 Å². The number of benzene rings is 2. The number of nitrogens with one attached hydrogen (secondary N) is 2. The molecule has 0 saturated heterocycles. The van der Waals surface area contributed by atoms with Crippen LogP contribution in [0.1, 0.15) is 22.2 Å². The van der Waals surface area contributed by atoms with Gasteiger partial charge in [-0.15, -0.1) is 11.3 Å². The first kappa shape index (κ1) is 20.9. The number of hydrazone groups is 1. The summed E-state index contributed by atoms with van der Waals surface area (Å²) >= 11 is 1.29. The molecule has 0 aliphatic carbocycles. The summed E-state index contributed by atoms with van der Waals surface area (Å²) in [5.41, 5.74) is 3.54. The highest BCUT2D eigenvalue weighted by atomic mass is 32.1. The van der Waals surface area contributed by atoms with Gasteiger partial charge >= 0.3 is 17.8 Å². The van der Waals surface area contributed by atoms with Gasteiger partial charge in [0.2, 0.25) is 0 Å². The van der Waals surface area contributed by atoms with Crippen molar-refractivity contribution in [3.05, 3.63) is 82.3 Å². The van der Waals surface area contributed by atoms with E-state index in [1.165, 1.54) is 23.5 Å². The van der Waals surface area contributed by atoms with Gasteiger partial charge in [-0.05, 0) is 72.5 Å².